The normalized spacial score (nSPS) is 26.6. The highest BCUT2D eigenvalue weighted by molar-refractivity contribution is 5.79. The first-order chi connectivity index (χ1) is 12.0. The highest BCUT2D eigenvalue weighted by Gasteiger charge is 2.67. The van der Waals surface area contributed by atoms with Gasteiger partial charge < -0.3 is 5.11 Å². The maximum absolute atomic E-state index is 13.8. The van der Waals surface area contributed by atoms with Gasteiger partial charge in [-0.3, -0.25) is 4.79 Å². The lowest BCUT2D eigenvalue weighted by Gasteiger charge is -2.67. The SMILES string of the molecule is O=C(CCCc1ccc(-c2ccccc2F)cc1)CC12CC(O)(C1)C2. The Morgan fingerprint density at radius 1 is 1.04 bits per heavy atom. The minimum absolute atomic E-state index is 0.146. The van der Waals surface area contributed by atoms with E-state index in [4.69, 9.17) is 0 Å². The van der Waals surface area contributed by atoms with Crippen LogP contribution in [0.4, 0.5) is 4.39 Å². The fourth-order valence-electron chi connectivity index (χ4n) is 4.67. The fourth-order valence-corrected chi connectivity index (χ4v) is 4.67. The van der Waals surface area contributed by atoms with Gasteiger partial charge in [0.1, 0.15) is 11.6 Å². The topological polar surface area (TPSA) is 37.3 Å². The Morgan fingerprint density at radius 3 is 2.36 bits per heavy atom. The number of ketones is 1. The summed E-state index contributed by atoms with van der Waals surface area (Å²) in [7, 11) is 0. The lowest BCUT2D eigenvalue weighted by Crippen LogP contribution is -2.67. The van der Waals surface area contributed by atoms with Gasteiger partial charge in [0, 0.05) is 18.4 Å². The van der Waals surface area contributed by atoms with Crippen LogP contribution in [0, 0.1) is 11.2 Å². The molecule has 0 aromatic heterocycles. The number of carbonyl (C=O) groups excluding carboxylic acids is 1. The number of rotatable bonds is 7. The Balaban J connectivity index is 1.26. The summed E-state index contributed by atoms with van der Waals surface area (Å²) in [6.45, 7) is 0. The second-order valence-corrected chi connectivity index (χ2v) is 8.00. The van der Waals surface area contributed by atoms with Gasteiger partial charge in [0.25, 0.3) is 0 Å². The van der Waals surface area contributed by atoms with Gasteiger partial charge in [0.2, 0.25) is 0 Å². The summed E-state index contributed by atoms with van der Waals surface area (Å²) in [5.74, 6) is 0.115. The summed E-state index contributed by atoms with van der Waals surface area (Å²) >= 11 is 0. The fraction of sp³-hybridized carbons (Fsp3) is 0.409. The van der Waals surface area contributed by atoms with E-state index >= 15 is 0 Å². The highest BCUT2D eigenvalue weighted by atomic mass is 19.1. The van der Waals surface area contributed by atoms with Crippen molar-refractivity contribution in [2.24, 2.45) is 5.41 Å². The predicted octanol–water partition coefficient (Wildman–Crippen LogP) is 4.69. The number of aliphatic hydroxyl groups is 1. The number of carbonyl (C=O) groups is 1. The van der Waals surface area contributed by atoms with Gasteiger partial charge in [-0.15, -0.1) is 0 Å². The molecule has 0 aliphatic heterocycles. The number of hydrogen-bond acceptors (Lipinski definition) is 2. The van der Waals surface area contributed by atoms with Crippen molar-refractivity contribution < 1.29 is 14.3 Å². The molecule has 0 heterocycles. The summed E-state index contributed by atoms with van der Waals surface area (Å²) < 4.78 is 13.8. The number of benzene rings is 2. The molecule has 3 aliphatic rings. The van der Waals surface area contributed by atoms with Crippen molar-refractivity contribution >= 4 is 5.78 Å². The quantitative estimate of drug-likeness (QED) is 0.795. The third-order valence-corrected chi connectivity index (χ3v) is 5.74. The molecule has 2 aromatic rings. The molecule has 3 fully saturated rings. The van der Waals surface area contributed by atoms with Crippen molar-refractivity contribution in [1.82, 2.24) is 0 Å². The Morgan fingerprint density at radius 2 is 1.72 bits per heavy atom. The highest BCUT2D eigenvalue weighted by Crippen LogP contribution is 2.69. The molecule has 3 heteroatoms. The molecule has 3 aliphatic carbocycles. The molecule has 25 heavy (non-hydrogen) atoms. The number of hydrogen-bond donors (Lipinski definition) is 1. The molecule has 0 saturated heterocycles. The van der Waals surface area contributed by atoms with E-state index < -0.39 is 5.60 Å². The molecule has 2 nitrogen and oxygen atoms in total. The maximum Gasteiger partial charge on any atom is 0.133 e. The standard InChI is InChI=1S/C22H23FO2/c23-20-7-2-1-6-19(20)17-10-8-16(9-11-17)4-3-5-18(24)12-21-13-22(25,14-21)15-21/h1-2,6-11,25H,3-5,12-15H2. The molecule has 130 valence electrons. The number of Topliss-reactive ketones (excluding diaryl/α,β-unsaturated/α-hetero) is 1. The van der Waals surface area contributed by atoms with Crippen molar-refractivity contribution in [2.75, 3.05) is 0 Å². The van der Waals surface area contributed by atoms with Crippen LogP contribution in [0.2, 0.25) is 0 Å². The van der Waals surface area contributed by atoms with Crippen LogP contribution in [-0.4, -0.2) is 16.5 Å². The summed E-state index contributed by atoms with van der Waals surface area (Å²) in [5.41, 5.74) is 2.39. The zero-order chi connectivity index (χ0) is 17.5. The third kappa shape index (κ3) is 3.25. The van der Waals surface area contributed by atoms with E-state index in [1.54, 1.807) is 12.1 Å². The molecule has 0 spiro atoms. The van der Waals surface area contributed by atoms with Crippen LogP contribution in [0.3, 0.4) is 0 Å². The molecule has 0 amide bonds. The Labute approximate surface area is 147 Å². The first kappa shape index (κ1) is 16.5. The maximum atomic E-state index is 13.8. The molecule has 2 aromatic carbocycles. The van der Waals surface area contributed by atoms with Crippen molar-refractivity contribution in [1.29, 1.82) is 0 Å². The van der Waals surface area contributed by atoms with Crippen molar-refractivity contribution in [2.45, 2.75) is 50.5 Å². The van der Waals surface area contributed by atoms with E-state index in [0.29, 0.717) is 24.2 Å². The average molecular weight is 338 g/mol. The Bertz CT molecular complexity index is 774. The molecule has 0 radical (unpaired) electrons. The van der Waals surface area contributed by atoms with Crippen molar-refractivity contribution in [3.05, 3.63) is 59.9 Å². The first-order valence-electron chi connectivity index (χ1n) is 9.05. The monoisotopic (exact) mass is 338 g/mol. The molecule has 1 N–H and O–H groups in total. The van der Waals surface area contributed by atoms with E-state index in [9.17, 15) is 14.3 Å². The molecule has 0 atom stereocenters. The van der Waals surface area contributed by atoms with Gasteiger partial charge >= 0.3 is 0 Å². The average Bonchev–Trinajstić information content (AvgIpc) is 2.54. The van der Waals surface area contributed by atoms with E-state index in [1.807, 2.05) is 30.3 Å². The van der Waals surface area contributed by atoms with Crippen molar-refractivity contribution in [3.63, 3.8) is 0 Å². The lowest BCUT2D eigenvalue weighted by atomic mass is 9.40. The van der Waals surface area contributed by atoms with Crippen LogP contribution in [0.15, 0.2) is 48.5 Å². The summed E-state index contributed by atoms with van der Waals surface area (Å²) in [4.78, 5) is 12.1. The van der Waals surface area contributed by atoms with E-state index in [1.165, 1.54) is 11.6 Å². The minimum atomic E-state index is -0.416. The van der Waals surface area contributed by atoms with E-state index in [0.717, 1.165) is 37.7 Å². The molecule has 2 bridgehead atoms. The molecule has 5 rings (SSSR count). The van der Waals surface area contributed by atoms with Gasteiger partial charge in [-0.1, -0.05) is 42.5 Å². The molecular formula is C22H23FO2. The van der Waals surface area contributed by atoms with Crippen LogP contribution in [0.25, 0.3) is 11.1 Å². The first-order valence-corrected chi connectivity index (χ1v) is 9.05. The summed E-state index contributed by atoms with van der Waals surface area (Å²) in [6.07, 6.45) is 5.42. The van der Waals surface area contributed by atoms with Gasteiger partial charge in [0.05, 0.1) is 5.60 Å². The molecule has 3 saturated carbocycles. The number of halogens is 1. The third-order valence-electron chi connectivity index (χ3n) is 5.74. The van der Waals surface area contributed by atoms with Gasteiger partial charge in [-0.25, -0.2) is 4.39 Å². The zero-order valence-corrected chi connectivity index (χ0v) is 14.3. The van der Waals surface area contributed by atoms with Gasteiger partial charge in [0.15, 0.2) is 0 Å². The van der Waals surface area contributed by atoms with Crippen LogP contribution in [0.1, 0.15) is 44.1 Å². The Kier molecular flexibility index (Phi) is 3.99. The van der Waals surface area contributed by atoms with Crippen molar-refractivity contribution in [3.8, 4) is 11.1 Å². The van der Waals surface area contributed by atoms with Crippen LogP contribution < -0.4 is 0 Å². The largest absolute Gasteiger partial charge is 0.390 e. The van der Waals surface area contributed by atoms with Crippen LogP contribution in [-0.2, 0) is 11.2 Å². The van der Waals surface area contributed by atoms with E-state index in [2.05, 4.69) is 0 Å². The van der Waals surface area contributed by atoms with Crippen LogP contribution >= 0.6 is 0 Å². The zero-order valence-electron chi connectivity index (χ0n) is 14.3. The Hall–Kier alpha value is -2.00. The van der Waals surface area contributed by atoms with Gasteiger partial charge in [-0.05, 0) is 54.7 Å². The summed E-state index contributed by atoms with van der Waals surface area (Å²) in [5, 5.41) is 9.77. The summed E-state index contributed by atoms with van der Waals surface area (Å²) in [6, 6.07) is 14.7. The van der Waals surface area contributed by atoms with Gasteiger partial charge in [-0.2, -0.15) is 0 Å². The second-order valence-electron chi connectivity index (χ2n) is 8.00. The lowest BCUT2D eigenvalue weighted by molar-refractivity contribution is -0.259. The molecule has 0 unspecified atom stereocenters. The molecular weight excluding hydrogens is 315 g/mol. The second kappa shape index (κ2) is 6.06. The van der Waals surface area contributed by atoms with E-state index in [-0.39, 0.29) is 11.2 Å². The number of aryl methyl sites for hydroxylation is 1. The minimum Gasteiger partial charge on any atom is -0.390 e. The predicted molar refractivity (Wildman–Crippen MR) is 95.6 cm³/mol. The smallest absolute Gasteiger partial charge is 0.133 e. The van der Waals surface area contributed by atoms with Crippen LogP contribution in [0.5, 0.6) is 0 Å².